The molecule has 106 valence electrons. The van der Waals surface area contributed by atoms with Gasteiger partial charge < -0.3 is 5.32 Å². The van der Waals surface area contributed by atoms with Crippen molar-refractivity contribution in [2.24, 2.45) is 0 Å². The molecule has 0 radical (unpaired) electrons. The molecule has 2 aromatic carbocycles. The van der Waals surface area contributed by atoms with Crippen LogP contribution in [-0.4, -0.2) is 0 Å². The van der Waals surface area contributed by atoms with Crippen LogP contribution in [0.2, 0.25) is 0 Å². The van der Waals surface area contributed by atoms with Gasteiger partial charge in [-0.1, -0.05) is 0 Å². The van der Waals surface area contributed by atoms with E-state index in [4.69, 9.17) is 0 Å². The zero-order valence-corrected chi connectivity index (χ0v) is 11.0. The van der Waals surface area contributed by atoms with E-state index in [2.05, 4.69) is 5.32 Å². The first-order chi connectivity index (χ1) is 9.38. The lowest BCUT2D eigenvalue weighted by molar-refractivity contribution is 0.568. The SMILES string of the molecule is Cc1cc(F)c(C(C)Nc2cc(F)ccc2F)cc1F. The van der Waals surface area contributed by atoms with Crippen molar-refractivity contribution in [2.45, 2.75) is 19.9 Å². The Morgan fingerprint density at radius 3 is 2.30 bits per heavy atom. The number of benzene rings is 2. The summed E-state index contributed by atoms with van der Waals surface area (Å²) >= 11 is 0. The zero-order chi connectivity index (χ0) is 14.9. The highest BCUT2D eigenvalue weighted by Gasteiger charge is 2.15. The van der Waals surface area contributed by atoms with Gasteiger partial charge in [-0.25, -0.2) is 17.6 Å². The quantitative estimate of drug-likeness (QED) is 0.803. The summed E-state index contributed by atoms with van der Waals surface area (Å²) in [5.41, 5.74) is 0.144. The molecule has 0 bridgehead atoms. The molecule has 1 unspecified atom stereocenters. The van der Waals surface area contributed by atoms with Crippen molar-refractivity contribution in [3.63, 3.8) is 0 Å². The molecule has 5 heteroatoms. The van der Waals surface area contributed by atoms with E-state index in [0.29, 0.717) is 0 Å². The highest BCUT2D eigenvalue weighted by atomic mass is 19.1. The number of anilines is 1. The van der Waals surface area contributed by atoms with Crippen LogP contribution in [0.1, 0.15) is 24.1 Å². The average molecular weight is 283 g/mol. The van der Waals surface area contributed by atoms with Crippen molar-refractivity contribution in [2.75, 3.05) is 5.32 Å². The largest absolute Gasteiger partial charge is 0.376 e. The maximum absolute atomic E-state index is 13.8. The molecular weight excluding hydrogens is 270 g/mol. The number of halogens is 4. The van der Waals surface area contributed by atoms with E-state index >= 15 is 0 Å². The molecule has 0 spiro atoms. The van der Waals surface area contributed by atoms with Crippen LogP contribution >= 0.6 is 0 Å². The monoisotopic (exact) mass is 283 g/mol. The van der Waals surface area contributed by atoms with Crippen molar-refractivity contribution < 1.29 is 17.6 Å². The van der Waals surface area contributed by atoms with Crippen LogP contribution in [0.5, 0.6) is 0 Å². The Labute approximate surface area is 114 Å². The first kappa shape index (κ1) is 14.4. The van der Waals surface area contributed by atoms with Gasteiger partial charge in [-0.05, 0) is 49.7 Å². The van der Waals surface area contributed by atoms with Gasteiger partial charge in [0, 0.05) is 5.56 Å². The van der Waals surface area contributed by atoms with Gasteiger partial charge in [0.1, 0.15) is 23.3 Å². The van der Waals surface area contributed by atoms with Gasteiger partial charge in [0.15, 0.2) is 0 Å². The maximum atomic E-state index is 13.8. The van der Waals surface area contributed by atoms with E-state index < -0.39 is 29.3 Å². The topological polar surface area (TPSA) is 12.0 Å². The molecule has 2 aromatic rings. The minimum Gasteiger partial charge on any atom is -0.376 e. The van der Waals surface area contributed by atoms with Crippen LogP contribution in [0.3, 0.4) is 0 Å². The lowest BCUT2D eigenvalue weighted by Crippen LogP contribution is -2.11. The Balaban J connectivity index is 2.30. The van der Waals surface area contributed by atoms with Crippen molar-refractivity contribution in [1.29, 1.82) is 0 Å². The summed E-state index contributed by atoms with van der Waals surface area (Å²) in [6, 6.07) is 4.34. The van der Waals surface area contributed by atoms with Gasteiger partial charge >= 0.3 is 0 Å². The van der Waals surface area contributed by atoms with E-state index in [0.717, 1.165) is 30.3 Å². The normalized spacial score (nSPS) is 12.3. The number of aryl methyl sites for hydroxylation is 1. The lowest BCUT2D eigenvalue weighted by Gasteiger charge is -2.17. The second kappa shape index (κ2) is 5.53. The molecule has 0 aromatic heterocycles. The molecule has 0 aliphatic carbocycles. The minimum atomic E-state index is -0.707. The van der Waals surface area contributed by atoms with E-state index in [1.165, 1.54) is 13.8 Å². The summed E-state index contributed by atoms with van der Waals surface area (Å²) in [6.07, 6.45) is 0. The third-order valence-corrected chi connectivity index (χ3v) is 3.04. The summed E-state index contributed by atoms with van der Waals surface area (Å²) in [7, 11) is 0. The minimum absolute atomic E-state index is 0.0526. The van der Waals surface area contributed by atoms with E-state index in [-0.39, 0.29) is 16.8 Å². The van der Waals surface area contributed by atoms with Crippen molar-refractivity contribution in [3.8, 4) is 0 Å². The van der Waals surface area contributed by atoms with Gasteiger partial charge in [0.05, 0.1) is 11.7 Å². The molecular formula is C15H13F4N. The summed E-state index contributed by atoms with van der Waals surface area (Å²) in [6.45, 7) is 2.99. The number of hydrogen-bond donors (Lipinski definition) is 1. The Morgan fingerprint density at radius 1 is 0.900 bits per heavy atom. The number of hydrogen-bond acceptors (Lipinski definition) is 1. The predicted octanol–water partition coefficient (Wildman–Crippen LogP) is 4.72. The van der Waals surface area contributed by atoms with Gasteiger partial charge in [0.2, 0.25) is 0 Å². The van der Waals surface area contributed by atoms with Crippen LogP contribution in [0.15, 0.2) is 30.3 Å². The molecule has 0 aliphatic heterocycles. The molecule has 0 fully saturated rings. The van der Waals surface area contributed by atoms with Crippen LogP contribution in [0, 0.1) is 30.2 Å². The van der Waals surface area contributed by atoms with Crippen molar-refractivity contribution in [3.05, 3.63) is 64.7 Å². The number of rotatable bonds is 3. The molecule has 0 saturated heterocycles. The van der Waals surface area contributed by atoms with E-state index in [1.807, 2.05) is 0 Å². The fourth-order valence-electron chi connectivity index (χ4n) is 1.91. The van der Waals surface area contributed by atoms with Gasteiger partial charge in [-0.3, -0.25) is 0 Å². The highest BCUT2D eigenvalue weighted by molar-refractivity contribution is 5.47. The molecule has 1 atom stereocenters. The standard InChI is InChI=1S/C15H13F4N/c1-8-5-14(19)11(7-13(8)18)9(2)20-15-6-10(16)3-4-12(15)17/h3-7,9,20H,1-2H3. The van der Waals surface area contributed by atoms with Gasteiger partial charge in [0.25, 0.3) is 0 Å². The summed E-state index contributed by atoms with van der Waals surface area (Å²) in [5.74, 6) is -2.42. The third kappa shape index (κ3) is 2.92. The molecule has 1 nitrogen and oxygen atoms in total. The van der Waals surface area contributed by atoms with Crippen LogP contribution in [0.25, 0.3) is 0 Å². The van der Waals surface area contributed by atoms with E-state index in [9.17, 15) is 17.6 Å². The first-order valence-corrected chi connectivity index (χ1v) is 6.05. The molecule has 0 heterocycles. The van der Waals surface area contributed by atoms with E-state index in [1.54, 1.807) is 0 Å². The Kier molecular flexibility index (Phi) is 3.97. The second-order valence-electron chi connectivity index (χ2n) is 4.61. The smallest absolute Gasteiger partial charge is 0.146 e. The second-order valence-corrected chi connectivity index (χ2v) is 4.61. The summed E-state index contributed by atoms with van der Waals surface area (Å²) < 4.78 is 53.8. The molecule has 2 rings (SSSR count). The van der Waals surface area contributed by atoms with Gasteiger partial charge in [-0.15, -0.1) is 0 Å². The molecule has 20 heavy (non-hydrogen) atoms. The number of nitrogens with one attached hydrogen (secondary N) is 1. The Hall–Kier alpha value is -2.04. The zero-order valence-electron chi connectivity index (χ0n) is 11.0. The van der Waals surface area contributed by atoms with Crippen molar-refractivity contribution >= 4 is 5.69 Å². The van der Waals surface area contributed by atoms with Crippen LogP contribution in [0.4, 0.5) is 23.2 Å². The lowest BCUT2D eigenvalue weighted by atomic mass is 10.0. The average Bonchev–Trinajstić information content (AvgIpc) is 2.38. The third-order valence-electron chi connectivity index (χ3n) is 3.04. The van der Waals surface area contributed by atoms with Crippen LogP contribution in [-0.2, 0) is 0 Å². The van der Waals surface area contributed by atoms with Crippen LogP contribution < -0.4 is 5.32 Å². The molecule has 0 aliphatic rings. The predicted molar refractivity (Wildman–Crippen MR) is 69.5 cm³/mol. The fraction of sp³-hybridized carbons (Fsp3) is 0.200. The summed E-state index contributed by atoms with van der Waals surface area (Å²) in [4.78, 5) is 0. The first-order valence-electron chi connectivity index (χ1n) is 6.05. The highest BCUT2D eigenvalue weighted by Crippen LogP contribution is 2.25. The Morgan fingerprint density at radius 2 is 1.60 bits per heavy atom. The van der Waals surface area contributed by atoms with Crippen molar-refractivity contribution in [1.82, 2.24) is 0 Å². The maximum Gasteiger partial charge on any atom is 0.146 e. The summed E-state index contributed by atoms with van der Waals surface area (Å²) in [5, 5.41) is 2.63. The Bertz CT molecular complexity index is 640. The molecule has 1 N–H and O–H groups in total. The van der Waals surface area contributed by atoms with Gasteiger partial charge in [-0.2, -0.15) is 0 Å². The fourth-order valence-corrected chi connectivity index (χ4v) is 1.91. The molecule has 0 amide bonds. The molecule has 0 saturated carbocycles.